The van der Waals surface area contributed by atoms with E-state index in [4.69, 9.17) is 0 Å². The molecule has 0 aromatic rings. The van der Waals surface area contributed by atoms with Crippen LogP contribution in [0.2, 0.25) is 0 Å². The summed E-state index contributed by atoms with van der Waals surface area (Å²) in [5.41, 5.74) is 0.377. The lowest BCUT2D eigenvalue weighted by Gasteiger charge is -2.44. The molecule has 3 unspecified atom stereocenters. The lowest BCUT2D eigenvalue weighted by atomic mass is 9.62. The van der Waals surface area contributed by atoms with Gasteiger partial charge in [-0.1, -0.05) is 53.2 Å². The van der Waals surface area contributed by atoms with Crippen LogP contribution in [0.3, 0.4) is 0 Å². The maximum atomic E-state index is 10.3. The molecular weight excluding hydrogens is 244 g/mol. The molecule has 20 heavy (non-hydrogen) atoms. The molecule has 0 spiro atoms. The standard InChI is InChI=1S/C19H34O/c1-13(2)14(3)8-9-15(4)16-10-11-17-18(20)7-6-12-19(16,17)5/h8-9,13-18,20H,6-7,10-12H2,1-5H3/t14-,15+,16+,17?,18?,19?/m0/s1. The highest BCUT2D eigenvalue weighted by atomic mass is 16.3. The molecule has 2 aliphatic carbocycles. The van der Waals surface area contributed by atoms with Gasteiger partial charge in [-0.05, 0) is 60.7 Å². The van der Waals surface area contributed by atoms with Crippen molar-refractivity contribution in [3.63, 3.8) is 0 Å². The lowest BCUT2D eigenvalue weighted by Crippen LogP contribution is -2.41. The van der Waals surface area contributed by atoms with Crippen LogP contribution in [0.25, 0.3) is 0 Å². The summed E-state index contributed by atoms with van der Waals surface area (Å²) in [5, 5.41) is 10.3. The molecule has 116 valence electrons. The zero-order valence-electron chi connectivity index (χ0n) is 14.1. The molecular formula is C19H34O. The Bertz CT molecular complexity index is 346. The summed E-state index contributed by atoms with van der Waals surface area (Å²) in [6.45, 7) is 11.8. The van der Waals surface area contributed by atoms with Crippen LogP contribution in [0.4, 0.5) is 0 Å². The van der Waals surface area contributed by atoms with E-state index in [-0.39, 0.29) is 6.10 Å². The van der Waals surface area contributed by atoms with E-state index in [1.54, 1.807) is 0 Å². The first-order valence-electron chi connectivity index (χ1n) is 8.72. The predicted octanol–water partition coefficient (Wildman–Crippen LogP) is 5.05. The minimum Gasteiger partial charge on any atom is -0.393 e. The summed E-state index contributed by atoms with van der Waals surface area (Å²) < 4.78 is 0. The Hall–Kier alpha value is -0.300. The highest BCUT2D eigenvalue weighted by Crippen LogP contribution is 2.57. The summed E-state index contributed by atoms with van der Waals surface area (Å²) in [7, 11) is 0. The van der Waals surface area contributed by atoms with E-state index in [9.17, 15) is 5.11 Å². The van der Waals surface area contributed by atoms with Crippen molar-refractivity contribution in [2.24, 2.45) is 35.0 Å². The van der Waals surface area contributed by atoms with Gasteiger partial charge in [-0.25, -0.2) is 0 Å². The SMILES string of the molecule is CC(C)[C@@H](C)C=C[C@@H](C)[C@H]1CCC2C(O)CCCC21C. The minimum atomic E-state index is -0.0375. The van der Waals surface area contributed by atoms with Crippen LogP contribution in [0.15, 0.2) is 12.2 Å². The van der Waals surface area contributed by atoms with Crippen molar-refractivity contribution in [2.45, 2.75) is 72.8 Å². The van der Waals surface area contributed by atoms with Gasteiger partial charge in [0.1, 0.15) is 0 Å². The molecule has 2 aliphatic rings. The molecule has 1 heteroatoms. The van der Waals surface area contributed by atoms with Crippen LogP contribution in [-0.4, -0.2) is 11.2 Å². The number of aliphatic hydroxyl groups excluding tert-OH is 1. The highest BCUT2D eigenvalue weighted by molar-refractivity contribution is 5.05. The summed E-state index contributed by atoms with van der Waals surface area (Å²) in [6.07, 6.45) is 10.9. The van der Waals surface area contributed by atoms with Crippen molar-refractivity contribution >= 4 is 0 Å². The average Bonchev–Trinajstić information content (AvgIpc) is 2.74. The summed E-state index contributed by atoms with van der Waals surface area (Å²) >= 11 is 0. The van der Waals surface area contributed by atoms with Gasteiger partial charge in [0.15, 0.2) is 0 Å². The zero-order valence-corrected chi connectivity index (χ0v) is 14.1. The third-order valence-corrected chi connectivity index (χ3v) is 6.57. The topological polar surface area (TPSA) is 20.2 Å². The van der Waals surface area contributed by atoms with E-state index < -0.39 is 0 Å². The first-order valence-corrected chi connectivity index (χ1v) is 8.72. The molecule has 0 aromatic carbocycles. The maximum absolute atomic E-state index is 10.3. The molecule has 1 N–H and O–H groups in total. The van der Waals surface area contributed by atoms with Crippen LogP contribution in [0, 0.1) is 35.0 Å². The van der Waals surface area contributed by atoms with E-state index >= 15 is 0 Å². The van der Waals surface area contributed by atoms with Gasteiger partial charge in [0.2, 0.25) is 0 Å². The predicted molar refractivity (Wildman–Crippen MR) is 86.5 cm³/mol. The normalized spacial score (nSPS) is 41.0. The maximum Gasteiger partial charge on any atom is 0.0573 e. The second-order valence-electron chi connectivity index (χ2n) is 8.10. The molecule has 0 aliphatic heterocycles. The molecule has 0 heterocycles. The van der Waals surface area contributed by atoms with E-state index in [1.165, 1.54) is 25.7 Å². The van der Waals surface area contributed by atoms with Crippen molar-refractivity contribution in [3.8, 4) is 0 Å². The Balaban J connectivity index is 2.05. The molecule has 0 radical (unpaired) electrons. The van der Waals surface area contributed by atoms with Gasteiger partial charge in [0.05, 0.1) is 6.10 Å². The number of aliphatic hydroxyl groups is 1. The average molecular weight is 278 g/mol. The number of allylic oxidation sites excluding steroid dienone is 2. The van der Waals surface area contributed by atoms with Crippen LogP contribution in [0.1, 0.15) is 66.7 Å². The van der Waals surface area contributed by atoms with Gasteiger partial charge >= 0.3 is 0 Å². The number of hydrogen-bond donors (Lipinski definition) is 1. The third kappa shape index (κ3) is 2.98. The van der Waals surface area contributed by atoms with Crippen LogP contribution < -0.4 is 0 Å². The Morgan fingerprint density at radius 1 is 1.05 bits per heavy atom. The van der Waals surface area contributed by atoms with Crippen molar-refractivity contribution in [3.05, 3.63) is 12.2 Å². The molecule has 0 amide bonds. The molecule has 1 nitrogen and oxygen atoms in total. The fraction of sp³-hybridized carbons (Fsp3) is 0.895. The van der Waals surface area contributed by atoms with Gasteiger partial charge < -0.3 is 5.11 Å². The van der Waals surface area contributed by atoms with Crippen molar-refractivity contribution in [1.82, 2.24) is 0 Å². The van der Waals surface area contributed by atoms with Crippen molar-refractivity contribution < 1.29 is 5.11 Å². The molecule has 6 atom stereocenters. The minimum absolute atomic E-state index is 0.0375. The largest absolute Gasteiger partial charge is 0.393 e. The Labute approximate surface area is 125 Å². The van der Waals surface area contributed by atoms with E-state index in [1.807, 2.05) is 0 Å². The quantitative estimate of drug-likeness (QED) is 0.714. The van der Waals surface area contributed by atoms with E-state index in [0.717, 1.165) is 18.3 Å². The lowest BCUT2D eigenvalue weighted by molar-refractivity contribution is -0.0231. The van der Waals surface area contributed by atoms with Crippen LogP contribution >= 0.6 is 0 Å². The third-order valence-electron chi connectivity index (χ3n) is 6.57. The molecule has 0 bridgehead atoms. The van der Waals surface area contributed by atoms with E-state index in [2.05, 4.69) is 46.8 Å². The van der Waals surface area contributed by atoms with Gasteiger partial charge in [0, 0.05) is 0 Å². The molecule has 0 saturated heterocycles. The number of rotatable bonds is 4. The second kappa shape index (κ2) is 6.22. The number of fused-ring (bicyclic) bond motifs is 1. The summed E-state index contributed by atoms with van der Waals surface area (Å²) in [5.74, 6) is 3.36. The molecule has 2 rings (SSSR count). The Morgan fingerprint density at radius 3 is 2.40 bits per heavy atom. The molecule has 2 saturated carbocycles. The smallest absolute Gasteiger partial charge is 0.0573 e. The van der Waals surface area contributed by atoms with Gasteiger partial charge in [-0.3, -0.25) is 0 Å². The Kier molecular flexibility index (Phi) is 5.00. The summed E-state index contributed by atoms with van der Waals surface area (Å²) in [4.78, 5) is 0. The fourth-order valence-electron chi connectivity index (χ4n) is 4.76. The molecule has 0 aromatic heterocycles. The first-order chi connectivity index (χ1) is 9.36. The second-order valence-corrected chi connectivity index (χ2v) is 8.10. The highest BCUT2D eigenvalue weighted by Gasteiger charge is 2.51. The Morgan fingerprint density at radius 2 is 1.75 bits per heavy atom. The van der Waals surface area contributed by atoms with Crippen LogP contribution in [-0.2, 0) is 0 Å². The van der Waals surface area contributed by atoms with Gasteiger partial charge in [-0.15, -0.1) is 0 Å². The first kappa shape index (κ1) is 16.1. The zero-order chi connectivity index (χ0) is 14.9. The number of hydrogen-bond acceptors (Lipinski definition) is 1. The van der Waals surface area contributed by atoms with E-state index in [0.29, 0.717) is 23.2 Å². The molecule has 2 fully saturated rings. The van der Waals surface area contributed by atoms with Gasteiger partial charge in [0.25, 0.3) is 0 Å². The van der Waals surface area contributed by atoms with Crippen LogP contribution in [0.5, 0.6) is 0 Å². The van der Waals surface area contributed by atoms with Gasteiger partial charge in [-0.2, -0.15) is 0 Å². The summed E-state index contributed by atoms with van der Waals surface area (Å²) in [6, 6.07) is 0. The van der Waals surface area contributed by atoms with Crippen molar-refractivity contribution in [2.75, 3.05) is 0 Å². The monoisotopic (exact) mass is 278 g/mol. The van der Waals surface area contributed by atoms with Crippen molar-refractivity contribution in [1.29, 1.82) is 0 Å². The fourth-order valence-corrected chi connectivity index (χ4v) is 4.76.